The van der Waals surface area contributed by atoms with Gasteiger partial charge in [-0.15, -0.1) is 11.3 Å². The molecule has 5 nitrogen and oxygen atoms in total. The number of sulfonamides is 1. The zero-order valence-electron chi connectivity index (χ0n) is 13.0. The molecular weight excluding hydrogens is 320 g/mol. The molecule has 1 aromatic rings. The molecular formula is C15H24N2O3S2. The average Bonchev–Trinajstić information content (AvgIpc) is 2.96. The van der Waals surface area contributed by atoms with E-state index >= 15 is 0 Å². The number of nitrogens with one attached hydrogen (secondary N) is 1. The molecule has 3 rings (SSSR count). The van der Waals surface area contributed by atoms with Crippen molar-refractivity contribution in [1.29, 1.82) is 0 Å². The lowest BCUT2D eigenvalue weighted by molar-refractivity contribution is -0.0444. The molecule has 124 valence electrons. The Labute approximate surface area is 136 Å². The SMILES string of the molecule is CS(=O)(=O)N[C@@H]1COCCC12CCN(Cc1cccs1)CC2. The largest absolute Gasteiger partial charge is 0.380 e. The van der Waals surface area contributed by atoms with Crippen LogP contribution in [0.15, 0.2) is 17.5 Å². The fraction of sp³-hybridized carbons (Fsp3) is 0.733. The molecule has 22 heavy (non-hydrogen) atoms. The Morgan fingerprint density at radius 1 is 1.41 bits per heavy atom. The maximum atomic E-state index is 11.6. The first-order valence-electron chi connectivity index (χ1n) is 7.77. The van der Waals surface area contributed by atoms with Crippen LogP contribution < -0.4 is 4.72 Å². The van der Waals surface area contributed by atoms with Crippen LogP contribution in [0.25, 0.3) is 0 Å². The predicted octanol–water partition coefficient (Wildman–Crippen LogP) is 1.67. The number of ether oxygens (including phenoxy) is 1. The molecule has 3 heterocycles. The van der Waals surface area contributed by atoms with Crippen LogP contribution in [0.4, 0.5) is 0 Å². The minimum atomic E-state index is -3.20. The predicted molar refractivity (Wildman–Crippen MR) is 88.5 cm³/mol. The van der Waals surface area contributed by atoms with Crippen LogP contribution in [0, 0.1) is 5.41 Å². The number of hydrogen-bond donors (Lipinski definition) is 1. The summed E-state index contributed by atoms with van der Waals surface area (Å²) >= 11 is 1.80. The Morgan fingerprint density at radius 2 is 2.18 bits per heavy atom. The molecule has 1 aromatic heterocycles. The summed E-state index contributed by atoms with van der Waals surface area (Å²) in [6.07, 6.45) is 4.26. The van der Waals surface area contributed by atoms with Gasteiger partial charge in [0, 0.05) is 18.0 Å². The maximum Gasteiger partial charge on any atom is 0.209 e. The first-order valence-corrected chi connectivity index (χ1v) is 10.5. The van der Waals surface area contributed by atoms with Crippen LogP contribution in [0.2, 0.25) is 0 Å². The fourth-order valence-electron chi connectivity index (χ4n) is 3.62. The molecule has 0 bridgehead atoms. The Hall–Kier alpha value is -0.470. The second-order valence-electron chi connectivity index (χ2n) is 6.49. The summed E-state index contributed by atoms with van der Waals surface area (Å²) in [5, 5.41) is 2.12. The molecule has 0 aromatic carbocycles. The van der Waals surface area contributed by atoms with Crippen LogP contribution in [0.5, 0.6) is 0 Å². The molecule has 2 saturated heterocycles. The molecule has 2 fully saturated rings. The highest BCUT2D eigenvalue weighted by Crippen LogP contribution is 2.41. The molecule has 0 unspecified atom stereocenters. The number of nitrogens with zero attached hydrogens (tertiary/aromatic N) is 1. The standard InChI is InChI=1S/C15H24N2O3S2/c1-22(18,19)16-14-12-20-9-6-15(14)4-7-17(8-5-15)11-13-3-2-10-21-13/h2-3,10,14,16H,4-9,11-12H2,1H3/t14-/m1/s1. The molecule has 1 N–H and O–H groups in total. The molecule has 0 radical (unpaired) electrons. The van der Waals surface area contributed by atoms with E-state index in [1.807, 2.05) is 0 Å². The number of rotatable bonds is 4. The monoisotopic (exact) mass is 344 g/mol. The van der Waals surface area contributed by atoms with Gasteiger partial charge in [0.1, 0.15) is 0 Å². The van der Waals surface area contributed by atoms with E-state index in [1.165, 1.54) is 11.1 Å². The van der Waals surface area contributed by atoms with Crippen molar-refractivity contribution >= 4 is 21.4 Å². The maximum absolute atomic E-state index is 11.6. The third-order valence-electron chi connectivity index (χ3n) is 4.94. The summed E-state index contributed by atoms with van der Waals surface area (Å²) in [6.45, 7) is 4.30. The minimum Gasteiger partial charge on any atom is -0.380 e. The highest BCUT2D eigenvalue weighted by molar-refractivity contribution is 7.88. The van der Waals surface area contributed by atoms with Crippen molar-refractivity contribution < 1.29 is 13.2 Å². The fourth-order valence-corrected chi connectivity index (χ4v) is 5.20. The van der Waals surface area contributed by atoms with Crippen LogP contribution >= 0.6 is 11.3 Å². The van der Waals surface area contributed by atoms with Crippen LogP contribution in [-0.2, 0) is 21.3 Å². The van der Waals surface area contributed by atoms with E-state index in [2.05, 4.69) is 27.1 Å². The molecule has 0 aliphatic carbocycles. The average molecular weight is 345 g/mol. The lowest BCUT2D eigenvalue weighted by Gasteiger charge is -2.48. The Bertz CT molecular complexity index is 578. The topological polar surface area (TPSA) is 58.6 Å². The lowest BCUT2D eigenvalue weighted by atomic mass is 9.69. The van der Waals surface area contributed by atoms with Gasteiger partial charge < -0.3 is 4.74 Å². The van der Waals surface area contributed by atoms with Crippen molar-refractivity contribution in [3.63, 3.8) is 0 Å². The van der Waals surface area contributed by atoms with E-state index in [-0.39, 0.29) is 11.5 Å². The van der Waals surface area contributed by atoms with Gasteiger partial charge in [-0.3, -0.25) is 4.90 Å². The summed E-state index contributed by atoms with van der Waals surface area (Å²) in [4.78, 5) is 3.87. The Morgan fingerprint density at radius 3 is 2.82 bits per heavy atom. The van der Waals surface area contributed by atoms with E-state index in [9.17, 15) is 8.42 Å². The molecule has 1 spiro atoms. The van der Waals surface area contributed by atoms with E-state index < -0.39 is 10.0 Å². The summed E-state index contributed by atoms with van der Waals surface area (Å²) in [7, 11) is -3.20. The molecule has 1 atom stereocenters. The molecule has 2 aliphatic heterocycles. The number of piperidine rings is 1. The summed E-state index contributed by atoms with van der Waals surface area (Å²) in [5.41, 5.74) is 0.0628. The van der Waals surface area contributed by atoms with Gasteiger partial charge in [0.05, 0.1) is 18.9 Å². The second kappa shape index (κ2) is 6.57. The van der Waals surface area contributed by atoms with Gasteiger partial charge in [0.15, 0.2) is 0 Å². The van der Waals surface area contributed by atoms with E-state index in [0.29, 0.717) is 6.61 Å². The summed E-state index contributed by atoms with van der Waals surface area (Å²) in [5.74, 6) is 0. The van der Waals surface area contributed by atoms with Crippen molar-refractivity contribution in [3.8, 4) is 0 Å². The smallest absolute Gasteiger partial charge is 0.209 e. The Balaban J connectivity index is 1.63. The zero-order valence-corrected chi connectivity index (χ0v) is 14.6. The van der Waals surface area contributed by atoms with E-state index in [4.69, 9.17) is 4.74 Å². The number of hydrogen-bond acceptors (Lipinski definition) is 5. The van der Waals surface area contributed by atoms with Crippen LogP contribution in [0.3, 0.4) is 0 Å². The number of likely N-dealkylation sites (tertiary alicyclic amines) is 1. The lowest BCUT2D eigenvalue weighted by Crippen LogP contribution is -2.57. The first kappa shape index (κ1) is 16.4. The Kier molecular flexibility index (Phi) is 4.89. The van der Waals surface area contributed by atoms with Gasteiger partial charge in [-0.1, -0.05) is 6.07 Å². The quantitative estimate of drug-likeness (QED) is 0.903. The van der Waals surface area contributed by atoms with Crippen molar-refractivity contribution in [2.45, 2.75) is 31.8 Å². The highest BCUT2D eigenvalue weighted by Gasteiger charge is 2.44. The van der Waals surface area contributed by atoms with Gasteiger partial charge in [-0.2, -0.15) is 0 Å². The third-order valence-corrected chi connectivity index (χ3v) is 6.51. The van der Waals surface area contributed by atoms with Gasteiger partial charge in [0.2, 0.25) is 10.0 Å². The number of thiophene rings is 1. The summed E-state index contributed by atoms with van der Waals surface area (Å²) < 4.78 is 31.6. The van der Waals surface area contributed by atoms with Gasteiger partial charge in [0.25, 0.3) is 0 Å². The van der Waals surface area contributed by atoms with Crippen molar-refractivity contribution in [3.05, 3.63) is 22.4 Å². The molecule has 0 saturated carbocycles. The molecule has 0 amide bonds. The van der Waals surface area contributed by atoms with Crippen LogP contribution in [-0.4, -0.2) is 51.9 Å². The first-order chi connectivity index (χ1) is 10.5. The van der Waals surface area contributed by atoms with Crippen LogP contribution in [0.1, 0.15) is 24.1 Å². The zero-order chi connectivity index (χ0) is 15.6. The van der Waals surface area contributed by atoms with Gasteiger partial charge >= 0.3 is 0 Å². The third kappa shape index (κ3) is 3.89. The molecule has 2 aliphatic rings. The van der Waals surface area contributed by atoms with Crippen molar-refractivity contribution in [1.82, 2.24) is 9.62 Å². The van der Waals surface area contributed by atoms with Gasteiger partial charge in [-0.05, 0) is 49.2 Å². The van der Waals surface area contributed by atoms with E-state index in [1.54, 1.807) is 11.3 Å². The minimum absolute atomic E-state index is 0.0628. The van der Waals surface area contributed by atoms with Crippen molar-refractivity contribution in [2.75, 3.05) is 32.6 Å². The van der Waals surface area contributed by atoms with E-state index in [0.717, 1.165) is 45.5 Å². The highest BCUT2D eigenvalue weighted by atomic mass is 32.2. The van der Waals surface area contributed by atoms with Gasteiger partial charge in [-0.25, -0.2) is 13.1 Å². The normalized spacial score (nSPS) is 26.3. The van der Waals surface area contributed by atoms with Crippen molar-refractivity contribution in [2.24, 2.45) is 5.41 Å². The summed E-state index contributed by atoms with van der Waals surface area (Å²) in [6, 6.07) is 4.19. The molecule has 7 heteroatoms. The second-order valence-corrected chi connectivity index (χ2v) is 9.30.